The molecule has 2 saturated heterocycles. The van der Waals surface area contributed by atoms with Gasteiger partial charge in [0, 0.05) is 37.0 Å². The van der Waals surface area contributed by atoms with Crippen LogP contribution < -0.4 is 10.2 Å². The maximum Gasteiger partial charge on any atom is 0.150 e. The van der Waals surface area contributed by atoms with Gasteiger partial charge in [-0.25, -0.2) is 9.97 Å². The molecule has 112 valence electrons. The molecule has 6 nitrogen and oxygen atoms in total. The fourth-order valence-corrected chi connectivity index (χ4v) is 4.66. The van der Waals surface area contributed by atoms with Crippen LogP contribution in [0, 0.1) is 19.3 Å². The summed E-state index contributed by atoms with van der Waals surface area (Å²) in [6.45, 7) is 8.53. The van der Waals surface area contributed by atoms with Crippen molar-refractivity contribution in [2.24, 2.45) is 5.41 Å². The van der Waals surface area contributed by atoms with Crippen LogP contribution in [0.3, 0.4) is 0 Å². The van der Waals surface area contributed by atoms with Crippen LogP contribution in [0.15, 0.2) is 6.33 Å². The highest BCUT2D eigenvalue weighted by Crippen LogP contribution is 2.42. The van der Waals surface area contributed by atoms with Crippen molar-refractivity contribution in [3.8, 4) is 0 Å². The van der Waals surface area contributed by atoms with E-state index in [2.05, 4.69) is 37.3 Å². The maximum atomic E-state index is 4.56. The molecule has 1 spiro atoms. The van der Waals surface area contributed by atoms with E-state index in [0.29, 0.717) is 5.41 Å². The van der Waals surface area contributed by atoms with Gasteiger partial charge in [0.2, 0.25) is 0 Å². The SMILES string of the molecule is Cc1nnc2sc3c(N4CC5(CNC5)C4)ncnc3c2c1C. The first-order chi connectivity index (χ1) is 10.7. The van der Waals surface area contributed by atoms with Gasteiger partial charge >= 0.3 is 0 Å². The van der Waals surface area contributed by atoms with Crippen LogP contribution in [-0.4, -0.2) is 46.3 Å². The molecule has 0 radical (unpaired) electrons. The van der Waals surface area contributed by atoms with Gasteiger partial charge in [0.1, 0.15) is 17.0 Å². The Labute approximate surface area is 131 Å². The fourth-order valence-electron chi connectivity index (χ4n) is 3.51. The summed E-state index contributed by atoms with van der Waals surface area (Å²) in [6, 6.07) is 0. The number of fused-ring (bicyclic) bond motifs is 3. The van der Waals surface area contributed by atoms with Crippen LogP contribution in [0.4, 0.5) is 5.82 Å². The number of hydrogen-bond acceptors (Lipinski definition) is 7. The maximum absolute atomic E-state index is 4.56. The van der Waals surface area contributed by atoms with Crippen molar-refractivity contribution in [3.63, 3.8) is 0 Å². The Bertz CT molecular complexity index is 905. The van der Waals surface area contributed by atoms with Gasteiger partial charge in [-0.05, 0) is 19.4 Å². The van der Waals surface area contributed by atoms with Crippen molar-refractivity contribution < 1.29 is 0 Å². The zero-order valence-corrected chi connectivity index (χ0v) is 13.4. The molecule has 0 saturated carbocycles. The van der Waals surface area contributed by atoms with Gasteiger partial charge in [-0.1, -0.05) is 0 Å². The lowest BCUT2D eigenvalue weighted by molar-refractivity contribution is 0.121. The summed E-state index contributed by atoms with van der Waals surface area (Å²) in [6.07, 6.45) is 1.68. The number of aryl methyl sites for hydroxylation is 2. The van der Waals surface area contributed by atoms with Gasteiger partial charge in [-0.3, -0.25) is 0 Å². The largest absolute Gasteiger partial charge is 0.354 e. The highest BCUT2D eigenvalue weighted by atomic mass is 32.1. The summed E-state index contributed by atoms with van der Waals surface area (Å²) in [5.74, 6) is 1.06. The van der Waals surface area contributed by atoms with E-state index < -0.39 is 0 Å². The molecule has 3 aromatic heterocycles. The van der Waals surface area contributed by atoms with E-state index in [4.69, 9.17) is 0 Å². The van der Waals surface area contributed by atoms with Gasteiger partial charge < -0.3 is 10.2 Å². The minimum atomic E-state index is 0.486. The standard InChI is InChI=1S/C15H16N6S/c1-8-9(2)19-20-14-10(8)11-12(22-14)13(18-7-17-11)21-5-15(6-21)3-16-4-15/h7,16H,3-6H2,1-2H3. The normalized spacial score (nSPS) is 19.6. The summed E-state index contributed by atoms with van der Waals surface area (Å²) in [4.78, 5) is 12.4. The predicted octanol–water partition coefficient (Wildman–Crippen LogP) is 1.66. The zero-order chi connectivity index (χ0) is 14.9. The molecule has 2 aliphatic rings. The van der Waals surface area contributed by atoms with Crippen molar-refractivity contribution >= 4 is 37.6 Å². The van der Waals surface area contributed by atoms with E-state index in [-0.39, 0.29) is 0 Å². The van der Waals surface area contributed by atoms with E-state index in [1.807, 2.05) is 6.92 Å². The molecule has 5 heterocycles. The quantitative estimate of drug-likeness (QED) is 0.737. The Morgan fingerprint density at radius 3 is 2.73 bits per heavy atom. The Kier molecular flexibility index (Phi) is 2.37. The zero-order valence-electron chi connectivity index (χ0n) is 12.6. The number of rotatable bonds is 1. The molecule has 5 rings (SSSR count). The van der Waals surface area contributed by atoms with Crippen molar-refractivity contribution in [3.05, 3.63) is 17.6 Å². The molecular formula is C15H16N6S. The first-order valence-corrected chi connectivity index (χ1v) is 8.31. The van der Waals surface area contributed by atoms with E-state index in [0.717, 1.165) is 58.1 Å². The Balaban J connectivity index is 1.68. The van der Waals surface area contributed by atoms with E-state index in [9.17, 15) is 0 Å². The second-order valence-corrected chi connectivity index (χ2v) is 7.53. The number of hydrogen-bond donors (Lipinski definition) is 1. The average Bonchev–Trinajstić information content (AvgIpc) is 2.80. The lowest BCUT2D eigenvalue weighted by atomic mass is 9.74. The summed E-state index contributed by atoms with van der Waals surface area (Å²) in [5.41, 5.74) is 3.65. The molecule has 0 aromatic carbocycles. The smallest absolute Gasteiger partial charge is 0.150 e. The summed E-state index contributed by atoms with van der Waals surface area (Å²) in [7, 11) is 0. The average molecular weight is 312 g/mol. The van der Waals surface area contributed by atoms with Crippen LogP contribution in [0.2, 0.25) is 0 Å². The summed E-state index contributed by atoms with van der Waals surface area (Å²) >= 11 is 1.66. The molecule has 0 unspecified atom stereocenters. The van der Waals surface area contributed by atoms with Gasteiger partial charge in [0.05, 0.1) is 15.9 Å². The number of nitrogens with one attached hydrogen (secondary N) is 1. The molecular weight excluding hydrogens is 296 g/mol. The van der Waals surface area contributed by atoms with Crippen molar-refractivity contribution in [1.29, 1.82) is 0 Å². The minimum absolute atomic E-state index is 0.486. The monoisotopic (exact) mass is 312 g/mol. The van der Waals surface area contributed by atoms with Crippen LogP contribution in [-0.2, 0) is 0 Å². The number of thiophene rings is 1. The fraction of sp³-hybridized carbons (Fsp3) is 0.467. The number of aromatic nitrogens is 4. The van der Waals surface area contributed by atoms with Gasteiger partial charge in [0.25, 0.3) is 0 Å². The predicted molar refractivity (Wildman–Crippen MR) is 87.5 cm³/mol. The second kappa shape index (κ2) is 4.11. The van der Waals surface area contributed by atoms with Crippen molar-refractivity contribution in [2.75, 3.05) is 31.1 Å². The van der Waals surface area contributed by atoms with Gasteiger partial charge in [-0.2, -0.15) is 5.10 Å². The summed E-state index contributed by atoms with van der Waals surface area (Å²) in [5, 5.41) is 13.1. The molecule has 22 heavy (non-hydrogen) atoms. The molecule has 2 aliphatic heterocycles. The number of anilines is 1. The molecule has 7 heteroatoms. The topological polar surface area (TPSA) is 66.8 Å². The second-order valence-electron chi connectivity index (χ2n) is 6.53. The summed E-state index contributed by atoms with van der Waals surface area (Å²) < 4.78 is 1.14. The molecule has 0 atom stereocenters. The molecule has 0 aliphatic carbocycles. The number of nitrogens with zero attached hydrogens (tertiary/aromatic N) is 5. The van der Waals surface area contributed by atoms with Crippen LogP contribution >= 0.6 is 11.3 Å². The van der Waals surface area contributed by atoms with Crippen molar-refractivity contribution in [2.45, 2.75) is 13.8 Å². The van der Waals surface area contributed by atoms with E-state index in [1.165, 1.54) is 5.56 Å². The Morgan fingerprint density at radius 2 is 2.00 bits per heavy atom. The van der Waals surface area contributed by atoms with Gasteiger partial charge in [0.15, 0.2) is 0 Å². The molecule has 0 amide bonds. The molecule has 0 bridgehead atoms. The Hall–Kier alpha value is -1.86. The first kappa shape index (κ1) is 12.7. The van der Waals surface area contributed by atoms with E-state index in [1.54, 1.807) is 17.7 Å². The third-order valence-corrected chi connectivity index (χ3v) is 6.05. The van der Waals surface area contributed by atoms with Crippen LogP contribution in [0.1, 0.15) is 11.3 Å². The third kappa shape index (κ3) is 1.52. The van der Waals surface area contributed by atoms with E-state index >= 15 is 0 Å². The minimum Gasteiger partial charge on any atom is -0.354 e. The van der Waals surface area contributed by atoms with Crippen LogP contribution in [0.5, 0.6) is 0 Å². The lowest BCUT2D eigenvalue weighted by Crippen LogP contribution is -2.71. The highest BCUT2D eigenvalue weighted by molar-refractivity contribution is 7.26. The molecule has 3 aromatic rings. The third-order valence-electron chi connectivity index (χ3n) is 5.00. The Morgan fingerprint density at radius 1 is 1.18 bits per heavy atom. The highest BCUT2D eigenvalue weighted by Gasteiger charge is 2.48. The van der Waals surface area contributed by atoms with Crippen molar-refractivity contribution in [1.82, 2.24) is 25.5 Å². The van der Waals surface area contributed by atoms with Crippen LogP contribution in [0.25, 0.3) is 20.4 Å². The first-order valence-electron chi connectivity index (χ1n) is 7.50. The lowest BCUT2D eigenvalue weighted by Gasteiger charge is -2.56. The molecule has 1 N–H and O–H groups in total. The molecule has 2 fully saturated rings. The van der Waals surface area contributed by atoms with Gasteiger partial charge in [-0.15, -0.1) is 16.4 Å².